The Labute approximate surface area is 369 Å². The molecule has 3 aromatic heterocycles. The summed E-state index contributed by atoms with van der Waals surface area (Å²) >= 11 is 0. The summed E-state index contributed by atoms with van der Waals surface area (Å²) in [6.07, 6.45) is 5.31. The van der Waals surface area contributed by atoms with Gasteiger partial charge in [-0.05, 0) is 92.5 Å². The van der Waals surface area contributed by atoms with E-state index in [0.29, 0.717) is 28.2 Å². The second-order valence-corrected chi connectivity index (χ2v) is 15.9. The van der Waals surface area contributed by atoms with Crippen LogP contribution in [0.1, 0.15) is 40.0 Å². The highest BCUT2D eigenvalue weighted by molar-refractivity contribution is 6.21. The highest BCUT2D eigenvalue weighted by atomic mass is 16.5. The summed E-state index contributed by atoms with van der Waals surface area (Å²) < 4.78 is 99.4. The minimum Gasteiger partial charge on any atom is -0.458 e. The molecule has 0 unspecified atom stereocenters. The molecule has 3 heterocycles. The lowest BCUT2D eigenvalue weighted by molar-refractivity contribution is -0.571. The minimum absolute atomic E-state index is 0.107. The van der Waals surface area contributed by atoms with Crippen molar-refractivity contribution in [3.05, 3.63) is 212 Å². The molecule has 0 atom stereocenters. The van der Waals surface area contributed by atoms with Crippen molar-refractivity contribution in [1.29, 1.82) is 0 Å². The number of aromatic nitrogens is 4. The SMILES string of the molecule is [2H]c1c([2H])c([2H])c(-c2cccc(-c3c([2H])c([2H])c([2H])c([2H])c3[2H])c2-[n+]2[c-]n(-c3cccc(Oc4ccc5c6c7ccccc7ccc6n(-c6cc(C(C)(C)C)ccn6)c5c4)c3)c3ccccc32)c([2H])c1[2H]. The molecule has 5 heteroatoms. The molecule has 0 fully saturated rings. The van der Waals surface area contributed by atoms with Gasteiger partial charge in [0, 0.05) is 23.0 Å². The van der Waals surface area contributed by atoms with E-state index in [4.69, 9.17) is 23.4 Å². The Morgan fingerprint density at radius 3 is 2.08 bits per heavy atom. The van der Waals surface area contributed by atoms with Crippen molar-refractivity contribution >= 4 is 43.6 Å². The van der Waals surface area contributed by atoms with E-state index in [0.717, 1.165) is 44.0 Å². The first-order valence-electron chi connectivity index (χ1n) is 25.0. The quantitative estimate of drug-likeness (QED) is 0.119. The van der Waals surface area contributed by atoms with Crippen molar-refractivity contribution in [2.45, 2.75) is 26.2 Å². The van der Waals surface area contributed by atoms with Crippen LogP contribution in [-0.2, 0) is 5.41 Å². The molecule has 0 saturated heterocycles. The molecular weight excluding hydrogens is 745 g/mol. The van der Waals surface area contributed by atoms with E-state index >= 15 is 0 Å². The molecule has 0 aliphatic heterocycles. The smallest absolute Gasteiger partial charge is 0.269 e. The van der Waals surface area contributed by atoms with E-state index in [1.165, 1.54) is 0 Å². The summed E-state index contributed by atoms with van der Waals surface area (Å²) in [5.41, 5.74) is 5.07. The first kappa shape index (κ1) is 27.1. The number of para-hydroxylation sites is 3. The number of ether oxygens (including phenoxy) is 1. The fourth-order valence-corrected chi connectivity index (χ4v) is 8.28. The summed E-state index contributed by atoms with van der Waals surface area (Å²) in [5.74, 6) is 1.89. The molecule has 0 saturated carbocycles. The van der Waals surface area contributed by atoms with Crippen molar-refractivity contribution in [3.63, 3.8) is 0 Å². The van der Waals surface area contributed by atoms with E-state index in [1.807, 2.05) is 72.9 Å². The number of hydrogen-bond donors (Lipinski definition) is 0. The van der Waals surface area contributed by atoms with Crippen LogP contribution >= 0.6 is 0 Å². The summed E-state index contributed by atoms with van der Waals surface area (Å²) in [6.45, 7) is 6.56. The Kier molecular flexibility index (Phi) is 6.44. The summed E-state index contributed by atoms with van der Waals surface area (Å²) in [7, 11) is 0. The Morgan fingerprint density at radius 1 is 0.607 bits per heavy atom. The summed E-state index contributed by atoms with van der Waals surface area (Å²) in [5, 5.41) is 4.42. The van der Waals surface area contributed by atoms with E-state index in [-0.39, 0.29) is 33.4 Å². The zero-order chi connectivity index (χ0) is 49.8. The molecule has 11 aromatic rings. The summed E-state index contributed by atoms with van der Waals surface area (Å²) in [6, 6.07) is 37.4. The fraction of sp³-hybridized carbons (Fsp3) is 0.0714. The predicted octanol–water partition coefficient (Wildman–Crippen LogP) is 13.8. The van der Waals surface area contributed by atoms with Gasteiger partial charge in [-0.3, -0.25) is 13.7 Å². The molecule has 0 bridgehead atoms. The van der Waals surface area contributed by atoms with Crippen molar-refractivity contribution in [3.8, 4) is 50.9 Å². The van der Waals surface area contributed by atoms with Gasteiger partial charge in [-0.1, -0.05) is 160 Å². The molecule has 0 N–H and O–H groups in total. The number of pyridine rings is 1. The van der Waals surface area contributed by atoms with Gasteiger partial charge < -0.3 is 4.74 Å². The standard InChI is InChI=1S/C56H42N4O/c1-56(2,3)41-32-33-57-53(34-41)60-51-31-28-40-20-10-11-23-45(40)54(51)48-30-29-44(36-52(48)60)61-43-22-14-21-42(35-43)58-37-59(50-27-13-12-26-49(50)58)55-46(38-16-6-4-7-17-38)24-15-25-47(55)39-18-8-5-9-19-39/h4-36H,1-3H3/i4D,5D,6D,7D,8D,9D,16D,17D,18D,19D. The molecule has 0 radical (unpaired) electrons. The fourth-order valence-electron chi connectivity index (χ4n) is 8.28. The molecule has 5 nitrogen and oxygen atoms in total. The second-order valence-electron chi connectivity index (χ2n) is 15.9. The molecule has 8 aromatic carbocycles. The minimum atomic E-state index is -0.566. The van der Waals surface area contributed by atoms with Crippen molar-refractivity contribution in [2.75, 3.05) is 0 Å². The average Bonchev–Trinajstić information content (AvgIpc) is 3.92. The number of nitrogens with zero attached hydrogens (tertiary/aromatic N) is 4. The molecule has 0 amide bonds. The Bertz CT molecular complexity index is 3900. The van der Waals surface area contributed by atoms with Gasteiger partial charge in [-0.15, -0.1) is 0 Å². The predicted molar refractivity (Wildman–Crippen MR) is 249 cm³/mol. The van der Waals surface area contributed by atoms with Crippen molar-refractivity contribution in [1.82, 2.24) is 14.1 Å². The number of fused-ring (bicyclic) bond motifs is 6. The average molecular weight is 797 g/mol. The van der Waals surface area contributed by atoms with E-state index in [2.05, 4.69) is 80.2 Å². The second kappa shape index (κ2) is 14.5. The largest absolute Gasteiger partial charge is 0.458 e. The van der Waals surface area contributed by atoms with Gasteiger partial charge in [0.1, 0.15) is 17.3 Å². The zero-order valence-electron chi connectivity index (χ0n) is 43.5. The lowest BCUT2D eigenvalue weighted by atomic mass is 9.88. The van der Waals surface area contributed by atoms with Crippen LogP contribution in [0.25, 0.3) is 83.1 Å². The van der Waals surface area contributed by atoms with Crippen LogP contribution in [0.15, 0.2) is 200 Å². The van der Waals surface area contributed by atoms with E-state index in [1.54, 1.807) is 27.3 Å². The molecule has 292 valence electrons. The number of benzene rings is 8. The third kappa shape index (κ3) is 6.34. The third-order valence-corrected chi connectivity index (χ3v) is 11.1. The maximum Gasteiger partial charge on any atom is 0.269 e. The van der Waals surface area contributed by atoms with Gasteiger partial charge in [0.15, 0.2) is 0 Å². The lowest BCUT2D eigenvalue weighted by Crippen LogP contribution is -2.31. The summed E-state index contributed by atoms with van der Waals surface area (Å²) in [4.78, 5) is 4.90. The number of hydrogen-bond acceptors (Lipinski definition) is 2. The van der Waals surface area contributed by atoms with Crippen molar-refractivity contribution in [2.24, 2.45) is 0 Å². The van der Waals surface area contributed by atoms with Gasteiger partial charge in [0.25, 0.3) is 6.33 Å². The van der Waals surface area contributed by atoms with Gasteiger partial charge in [0.05, 0.1) is 47.1 Å². The van der Waals surface area contributed by atoms with Gasteiger partial charge in [-0.25, -0.2) is 4.98 Å². The lowest BCUT2D eigenvalue weighted by Gasteiger charge is -2.20. The Morgan fingerprint density at radius 2 is 1.31 bits per heavy atom. The monoisotopic (exact) mass is 796 g/mol. The number of imidazole rings is 1. The molecule has 11 rings (SSSR count). The third-order valence-electron chi connectivity index (χ3n) is 11.1. The molecule has 0 aliphatic rings. The van der Waals surface area contributed by atoms with E-state index in [9.17, 15) is 0 Å². The van der Waals surface area contributed by atoms with Crippen LogP contribution in [0.3, 0.4) is 0 Å². The van der Waals surface area contributed by atoms with Crippen LogP contribution in [0.2, 0.25) is 0 Å². The molecule has 0 aliphatic carbocycles. The normalized spacial score (nSPS) is 14.1. The van der Waals surface area contributed by atoms with E-state index < -0.39 is 60.4 Å². The highest BCUT2D eigenvalue weighted by Gasteiger charge is 2.22. The van der Waals surface area contributed by atoms with Crippen LogP contribution < -0.4 is 9.30 Å². The molecule has 61 heavy (non-hydrogen) atoms. The highest BCUT2D eigenvalue weighted by Crippen LogP contribution is 2.40. The Balaban J connectivity index is 1.09. The van der Waals surface area contributed by atoms with Gasteiger partial charge >= 0.3 is 0 Å². The first-order chi connectivity index (χ1) is 34.0. The van der Waals surface area contributed by atoms with Gasteiger partial charge in [-0.2, -0.15) is 0 Å². The maximum absolute atomic E-state index is 9.02. The topological polar surface area (TPSA) is 35.9 Å². The van der Waals surface area contributed by atoms with Gasteiger partial charge in [0.2, 0.25) is 0 Å². The molecule has 0 spiro atoms. The zero-order valence-corrected chi connectivity index (χ0v) is 33.5. The first-order valence-corrected chi connectivity index (χ1v) is 20.0. The Hall–Kier alpha value is -7.76. The van der Waals surface area contributed by atoms with Crippen LogP contribution in [0, 0.1) is 6.33 Å². The van der Waals surface area contributed by atoms with Crippen LogP contribution in [0.5, 0.6) is 11.5 Å². The van der Waals surface area contributed by atoms with Crippen LogP contribution in [-0.4, -0.2) is 14.1 Å². The maximum atomic E-state index is 9.02. The van der Waals surface area contributed by atoms with Crippen molar-refractivity contribution < 1.29 is 23.0 Å². The van der Waals surface area contributed by atoms with Crippen LogP contribution in [0.4, 0.5) is 0 Å². The molecular formula is C56H42N4O. The number of rotatable bonds is 7.